The molecule has 0 amide bonds. The summed E-state index contributed by atoms with van der Waals surface area (Å²) in [5.74, 6) is -0.00101. The van der Waals surface area contributed by atoms with Gasteiger partial charge in [0.15, 0.2) is 5.78 Å². The molecule has 0 unspecified atom stereocenters. The van der Waals surface area contributed by atoms with Gasteiger partial charge < -0.3 is 0 Å². The molecule has 0 aliphatic rings. The van der Waals surface area contributed by atoms with Crippen LogP contribution in [0.25, 0.3) is 22.0 Å². The van der Waals surface area contributed by atoms with E-state index in [0.717, 1.165) is 22.0 Å². The number of carbonyl (C=O) groups excluding carboxylic acids is 1. The summed E-state index contributed by atoms with van der Waals surface area (Å²) in [4.78, 5) is 17.3. The van der Waals surface area contributed by atoms with E-state index in [2.05, 4.69) is 4.98 Å². The fourth-order valence-electron chi connectivity index (χ4n) is 2.89. The lowest BCUT2D eigenvalue weighted by Crippen LogP contribution is -2.03. The van der Waals surface area contributed by atoms with Gasteiger partial charge >= 0.3 is 0 Å². The molecule has 0 spiro atoms. The summed E-state index contributed by atoms with van der Waals surface area (Å²) in [7, 11) is 0. The SMILES string of the molecule is O=C(c1ccc(-c2ccccc2)nc1)c1cccc2ccccc12. The number of rotatable bonds is 3. The van der Waals surface area contributed by atoms with Crippen molar-refractivity contribution in [2.24, 2.45) is 0 Å². The lowest BCUT2D eigenvalue weighted by atomic mass is 9.98. The molecule has 0 fully saturated rings. The molecular formula is C22H15NO. The van der Waals surface area contributed by atoms with Crippen LogP contribution in [-0.2, 0) is 0 Å². The predicted molar refractivity (Wildman–Crippen MR) is 97.1 cm³/mol. The third-order valence-corrected chi connectivity index (χ3v) is 4.13. The fourth-order valence-corrected chi connectivity index (χ4v) is 2.89. The van der Waals surface area contributed by atoms with Crippen LogP contribution in [0.4, 0.5) is 0 Å². The largest absolute Gasteiger partial charge is 0.289 e. The molecule has 1 heterocycles. The van der Waals surface area contributed by atoms with Crippen molar-refractivity contribution < 1.29 is 4.79 Å². The Morgan fingerprint density at radius 2 is 1.46 bits per heavy atom. The number of ketones is 1. The van der Waals surface area contributed by atoms with E-state index in [0.29, 0.717) is 11.1 Å². The second-order valence-corrected chi connectivity index (χ2v) is 5.65. The van der Waals surface area contributed by atoms with Crippen molar-refractivity contribution in [1.29, 1.82) is 0 Å². The highest BCUT2D eigenvalue weighted by Crippen LogP contribution is 2.22. The molecule has 4 aromatic rings. The highest BCUT2D eigenvalue weighted by Gasteiger charge is 2.12. The number of aromatic nitrogens is 1. The van der Waals surface area contributed by atoms with Crippen LogP contribution in [-0.4, -0.2) is 10.8 Å². The lowest BCUT2D eigenvalue weighted by Gasteiger charge is -2.06. The Kier molecular flexibility index (Phi) is 3.64. The van der Waals surface area contributed by atoms with Gasteiger partial charge in [0, 0.05) is 22.9 Å². The smallest absolute Gasteiger partial charge is 0.195 e. The van der Waals surface area contributed by atoms with E-state index >= 15 is 0 Å². The van der Waals surface area contributed by atoms with Crippen molar-refractivity contribution in [2.45, 2.75) is 0 Å². The number of fused-ring (bicyclic) bond motifs is 1. The van der Waals surface area contributed by atoms with E-state index in [4.69, 9.17) is 0 Å². The first-order valence-corrected chi connectivity index (χ1v) is 7.87. The zero-order chi connectivity index (χ0) is 16.4. The van der Waals surface area contributed by atoms with Crippen molar-refractivity contribution in [3.63, 3.8) is 0 Å². The van der Waals surface area contributed by atoms with Gasteiger partial charge in [0.1, 0.15) is 0 Å². The van der Waals surface area contributed by atoms with E-state index in [-0.39, 0.29) is 5.78 Å². The minimum Gasteiger partial charge on any atom is -0.289 e. The number of hydrogen-bond acceptors (Lipinski definition) is 2. The molecular weight excluding hydrogens is 294 g/mol. The van der Waals surface area contributed by atoms with Crippen LogP contribution in [0.15, 0.2) is 91.1 Å². The predicted octanol–water partition coefficient (Wildman–Crippen LogP) is 5.13. The summed E-state index contributed by atoms with van der Waals surface area (Å²) >= 11 is 0. The normalized spacial score (nSPS) is 10.7. The zero-order valence-electron chi connectivity index (χ0n) is 13.0. The topological polar surface area (TPSA) is 30.0 Å². The quantitative estimate of drug-likeness (QED) is 0.491. The minimum absolute atomic E-state index is 0.00101. The Morgan fingerprint density at radius 3 is 2.25 bits per heavy atom. The van der Waals surface area contributed by atoms with Crippen molar-refractivity contribution in [2.75, 3.05) is 0 Å². The van der Waals surface area contributed by atoms with Gasteiger partial charge in [-0.15, -0.1) is 0 Å². The Bertz CT molecular complexity index is 999. The van der Waals surface area contributed by atoms with Crippen molar-refractivity contribution in [1.82, 2.24) is 4.98 Å². The Hall–Kier alpha value is -3.26. The van der Waals surface area contributed by atoms with Gasteiger partial charge in [-0.1, -0.05) is 72.8 Å². The number of carbonyl (C=O) groups is 1. The second-order valence-electron chi connectivity index (χ2n) is 5.65. The van der Waals surface area contributed by atoms with E-state index < -0.39 is 0 Å². The highest BCUT2D eigenvalue weighted by molar-refractivity contribution is 6.16. The van der Waals surface area contributed by atoms with Crippen LogP contribution in [0, 0.1) is 0 Å². The first kappa shape index (κ1) is 14.3. The summed E-state index contributed by atoms with van der Waals surface area (Å²) in [6, 6.07) is 27.4. The van der Waals surface area contributed by atoms with Crippen LogP contribution < -0.4 is 0 Å². The zero-order valence-corrected chi connectivity index (χ0v) is 13.0. The standard InChI is InChI=1S/C22H15NO/c24-22(20-12-6-10-16-7-4-5-11-19(16)20)18-13-14-21(23-15-18)17-8-2-1-3-9-17/h1-15H. The van der Waals surface area contributed by atoms with Gasteiger partial charge in [0.25, 0.3) is 0 Å². The van der Waals surface area contributed by atoms with E-state index in [1.807, 2.05) is 84.9 Å². The molecule has 0 saturated heterocycles. The first-order chi connectivity index (χ1) is 11.8. The number of hydrogen-bond donors (Lipinski definition) is 0. The Labute approximate surface area is 140 Å². The van der Waals surface area contributed by atoms with E-state index in [1.165, 1.54) is 0 Å². The molecule has 114 valence electrons. The molecule has 0 bridgehead atoms. The average molecular weight is 309 g/mol. The molecule has 0 saturated carbocycles. The maximum atomic E-state index is 12.9. The summed E-state index contributed by atoms with van der Waals surface area (Å²) in [5, 5.41) is 2.04. The second kappa shape index (κ2) is 6.09. The molecule has 0 atom stereocenters. The average Bonchev–Trinajstić information content (AvgIpc) is 2.68. The molecule has 3 aromatic carbocycles. The number of benzene rings is 3. The van der Waals surface area contributed by atoms with Crippen LogP contribution >= 0.6 is 0 Å². The number of nitrogens with zero attached hydrogens (tertiary/aromatic N) is 1. The minimum atomic E-state index is -0.00101. The molecule has 0 N–H and O–H groups in total. The van der Waals surface area contributed by atoms with Gasteiger partial charge in [0.05, 0.1) is 5.69 Å². The van der Waals surface area contributed by atoms with Gasteiger partial charge in [-0.25, -0.2) is 0 Å². The highest BCUT2D eigenvalue weighted by atomic mass is 16.1. The van der Waals surface area contributed by atoms with Gasteiger partial charge in [-0.3, -0.25) is 9.78 Å². The monoisotopic (exact) mass is 309 g/mol. The number of pyridine rings is 1. The van der Waals surface area contributed by atoms with Gasteiger partial charge in [-0.05, 0) is 22.9 Å². The summed E-state index contributed by atoms with van der Waals surface area (Å²) < 4.78 is 0. The molecule has 2 nitrogen and oxygen atoms in total. The summed E-state index contributed by atoms with van der Waals surface area (Å²) in [6.07, 6.45) is 1.66. The molecule has 0 radical (unpaired) electrons. The molecule has 1 aromatic heterocycles. The maximum absolute atomic E-state index is 12.9. The Balaban J connectivity index is 1.72. The van der Waals surface area contributed by atoms with Crippen LogP contribution in [0.5, 0.6) is 0 Å². The summed E-state index contributed by atoms with van der Waals surface area (Å²) in [6.45, 7) is 0. The van der Waals surface area contributed by atoms with E-state index in [1.54, 1.807) is 6.20 Å². The van der Waals surface area contributed by atoms with Crippen molar-refractivity contribution in [3.8, 4) is 11.3 Å². The molecule has 0 aliphatic carbocycles. The first-order valence-electron chi connectivity index (χ1n) is 7.87. The van der Waals surface area contributed by atoms with Gasteiger partial charge in [-0.2, -0.15) is 0 Å². The van der Waals surface area contributed by atoms with E-state index in [9.17, 15) is 4.79 Å². The molecule has 4 rings (SSSR count). The summed E-state index contributed by atoms with van der Waals surface area (Å²) in [5.41, 5.74) is 3.22. The Morgan fingerprint density at radius 1 is 0.708 bits per heavy atom. The van der Waals surface area contributed by atoms with Crippen LogP contribution in [0.3, 0.4) is 0 Å². The lowest BCUT2D eigenvalue weighted by molar-refractivity contribution is 0.104. The third kappa shape index (κ3) is 2.59. The van der Waals surface area contributed by atoms with Crippen LogP contribution in [0.2, 0.25) is 0 Å². The third-order valence-electron chi connectivity index (χ3n) is 4.13. The maximum Gasteiger partial charge on any atom is 0.195 e. The van der Waals surface area contributed by atoms with Crippen LogP contribution in [0.1, 0.15) is 15.9 Å². The molecule has 0 aliphatic heterocycles. The fraction of sp³-hybridized carbons (Fsp3) is 0. The van der Waals surface area contributed by atoms with Gasteiger partial charge in [0.2, 0.25) is 0 Å². The van der Waals surface area contributed by atoms with Crippen molar-refractivity contribution >= 4 is 16.6 Å². The molecule has 24 heavy (non-hydrogen) atoms. The van der Waals surface area contributed by atoms with Crippen molar-refractivity contribution in [3.05, 3.63) is 102 Å². The molecule has 2 heteroatoms.